The smallest absolute Gasteiger partial charge is 0.410 e. The normalized spacial score (nSPS) is 24.7. The molecular weight excluding hydrogens is 334 g/mol. The maximum atomic E-state index is 12.5. The van der Waals surface area contributed by atoms with Crippen molar-refractivity contribution in [3.05, 3.63) is 0 Å². The number of nitrogens with one attached hydrogen (secondary N) is 1. The van der Waals surface area contributed by atoms with Crippen molar-refractivity contribution in [2.75, 3.05) is 19.6 Å². The number of likely N-dealkylation sites (tertiary alicyclic amines) is 1. The van der Waals surface area contributed by atoms with E-state index in [4.69, 9.17) is 4.74 Å². The van der Waals surface area contributed by atoms with Crippen molar-refractivity contribution >= 4 is 34.6 Å². The third-order valence-corrected chi connectivity index (χ3v) is 5.61. The molecule has 132 valence electrons. The van der Waals surface area contributed by atoms with Crippen LogP contribution in [0.3, 0.4) is 0 Å². The second-order valence-electron chi connectivity index (χ2n) is 7.54. The first-order valence-electron chi connectivity index (χ1n) is 8.02. The fraction of sp³-hybridized carbons (Fsp3) is 0.867. The van der Waals surface area contributed by atoms with Gasteiger partial charge in [0.25, 0.3) is 0 Å². The molecule has 0 aromatic heterocycles. The Hall–Kier alpha value is -0.600. The molecule has 2 amide bonds. The highest BCUT2D eigenvalue weighted by molar-refractivity contribution is 8.67. The molecule has 1 N–H and O–H groups in total. The zero-order valence-corrected chi connectivity index (χ0v) is 16.0. The molecule has 6 nitrogen and oxygen atoms in total. The van der Waals surface area contributed by atoms with Crippen LogP contribution in [0.2, 0.25) is 0 Å². The van der Waals surface area contributed by atoms with Crippen LogP contribution in [0, 0.1) is 0 Å². The number of nitrogens with zero attached hydrogens (tertiary/aromatic N) is 2. The van der Waals surface area contributed by atoms with E-state index in [0.29, 0.717) is 13.0 Å². The third kappa shape index (κ3) is 4.93. The summed E-state index contributed by atoms with van der Waals surface area (Å²) in [4.78, 5) is 26.2. The third-order valence-electron chi connectivity index (χ3n) is 4.32. The Morgan fingerprint density at radius 2 is 1.87 bits per heavy atom. The predicted molar refractivity (Wildman–Crippen MR) is 95.3 cm³/mol. The molecule has 0 spiro atoms. The summed E-state index contributed by atoms with van der Waals surface area (Å²) in [6.45, 7) is 9.92. The molecule has 0 aromatic rings. The molecule has 1 unspecified atom stereocenters. The summed E-state index contributed by atoms with van der Waals surface area (Å²) in [7, 11) is 1.44. The standard InChI is InChI=1S/C15H27N3O3S2/c1-14(2,3)21-13(20)18-8-5-11(18)12(19)16-15(4)6-9-17(23-22)10-7-15/h11,22H,5-10H2,1-4H3,(H,16,19). The van der Waals surface area contributed by atoms with Crippen LogP contribution in [-0.2, 0) is 9.53 Å². The first-order chi connectivity index (χ1) is 10.6. The molecule has 0 aliphatic carbocycles. The minimum atomic E-state index is -0.545. The summed E-state index contributed by atoms with van der Waals surface area (Å²) in [5.41, 5.74) is -0.761. The van der Waals surface area contributed by atoms with Crippen LogP contribution >= 0.6 is 22.6 Å². The summed E-state index contributed by atoms with van der Waals surface area (Å²) >= 11 is 4.21. The molecule has 23 heavy (non-hydrogen) atoms. The van der Waals surface area contributed by atoms with E-state index < -0.39 is 17.7 Å². The summed E-state index contributed by atoms with van der Waals surface area (Å²) in [5, 5.41) is 3.14. The van der Waals surface area contributed by atoms with Gasteiger partial charge < -0.3 is 10.1 Å². The van der Waals surface area contributed by atoms with Crippen molar-refractivity contribution in [2.24, 2.45) is 0 Å². The van der Waals surface area contributed by atoms with Gasteiger partial charge in [-0.2, -0.15) is 0 Å². The first kappa shape index (κ1) is 18.7. The van der Waals surface area contributed by atoms with Crippen molar-refractivity contribution < 1.29 is 14.3 Å². The van der Waals surface area contributed by atoms with Gasteiger partial charge in [-0.05, 0) is 57.9 Å². The fourth-order valence-corrected chi connectivity index (χ4v) is 3.60. The summed E-state index contributed by atoms with van der Waals surface area (Å²) in [6, 6.07) is -0.404. The van der Waals surface area contributed by atoms with Gasteiger partial charge in [0.1, 0.15) is 11.6 Å². The number of ether oxygens (including phenoxy) is 1. The van der Waals surface area contributed by atoms with Gasteiger partial charge in [-0.3, -0.25) is 9.69 Å². The fourth-order valence-electron chi connectivity index (χ4n) is 2.77. The van der Waals surface area contributed by atoms with E-state index in [0.717, 1.165) is 25.9 Å². The van der Waals surface area contributed by atoms with Gasteiger partial charge in [0.15, 0.2) is 0 Å². The maximum absolute atomic E-state index is 12.5. The van der Waals surface area contributed by atoms with Crippen LogP contribution in [0.1, 0.15) is 47.0 Å². The molecule has 0 radical (unpaired) electrons. The Kier molecular flexibility index (Phi) is 5.79. The van der Waals surface area contributed by atoms with E-state index in [2.05, 4.69) is 28.2 Å². The molecule has 0 saturated carbocycles. The Morgan fingerprint density at radius 1 is 1.26 bits per heavy atom. The van der Waals surface area contributed by atoms with Gasteiger partial charge in [-0.1, -0.05) is 11.7 Å². The van der Waals surface area contributed by atoms with E-state index in [-0.39, 0.29) is 11.4 Å². The van der Waals surface area contributed by atoms with Crippen LogP contribution < -0.4 is 5.32 Å². The second-order valence-corrected chi connectivity index (χ2v) is 8.71. The summed E-state index contributed by atoms with van der Waals surface area (Å²) < 4.78 is 7.53. The first-order valence-corrected chi connectivity index (χ1v) is 9.84. The van der Waals surface area contributed by atoms with E-state index in [9.17, 15) is 9.59 Å². The number of hydrogen-bond acceptors (Lipinski definition) is 6. The van der Waals surface area contributed by atoms with Crippen LogP contribution in [-0.4, -0.2) is 58.0 Å². The highest BCUT2D eigenvalue weighted by Gasteiger charge is 2.42. The molecule has 1 atom stereocenters. The summed E-state index contributed by atoms with van der Waals surface area (Å²) in [5.74, 6) is -0.0726. The van der Waals surface area contributed by atoms with Crippen LogP contribution in [0.15, 0.2) is 0 Å². The quantitative estimate of drug-likeness (QED) is 0.459. The Morgan fingerprint density at radius 3 is 2.30 bits per heavy atom. The summed E-state index contributed by atoms with van der Waals surface area (Å²) in [6.07, 6.45) is 2.05. The van der Waals surface area contributed by atoms with Gasteiger partial charge in [-0.15, -0.1) is 0 Å². The number of hydrogen-bond donors (Lipinski definition) is 2. The average Bonchev–Trinajstić information content (AvgIpc) is 2.35. The molecule has 2 heterocycles. The van der Waals surface area contributed by atoms with E-state index in [1.807, 2.05) is 20.8 Å². The largest absolute Gasteiger partial charge is 0.444 e. The molecule has 0 aromatic carbocycles. The second kappa shape index (κ2) is 7.11. The zero-order chi connectivity index (χ0) is 17.3. The van der Waals surface area contributed by atoms with Gasteiger partial charge in [-0.25, -0.2) is 9.10 Å². The SMILES string of the molecule is CC1(NC(=O)C2CCN2C(=O)OC(C)(C)C)CCN(SS)CC1. The lowest BCUT2D eigenvalue weighted by molar-refractivity contribution is -0.132. The number of piperidine rings is 1. The molecule has 2 saturated heterocycles. The number of rotatable bonds is 3. The highest BCUT2D eigenvalue weighted by atomic mass is 33.1. The van der Waals surface area contributed by atoms with Crippen LogP contribution in [0.4, 0.5) is 4.79 Å². The molecule has 2 aliphatic rings. The van der Waals surface area contributed by atoms with Crippen molar-refractivity contribution in [1.29, 1.82) is 0 Å². The number of thiol groups is 1. The lowest BCUT2D eigenvalue weighted by atomic mass is 9.89. The monoisotopic (exact) mass is 361 g/mol. The molecule has 8 heteroatoms. The maximum Gasteiger partial charge on any atom is 0.410 e. The Labute approximate surface area is 147 Å². The molecular formula is C15H27N3O3S2. The highest BCUT2D eigenvalue weighted by Crippen LogP contribution is 2.28. The van der Waals surface area contributed by atoms with Gasteiger partial charge in [0.05, 0.1) is 0 Å². The van der Waals surface area contributed by atoms with Crippen molar-refractivity contribution in [2.45, 2.75) is 64.1 Å². The van der Waals surface area contributed by atoms with Crippen LogP contribution in [0.25, 0.3) is 0 Å². The van der Waals surface area contributed by atoms with Crippen molar-refractivity contribution in [3.8, 4) is 0 Å². The van der Waals surface area contributed by atoms with Crippen molar-refractivity contribution in [1.82, 2.24) is 14.5 Å². The lowest BCUT2D eigenvalue weighted by Crippen LogP contribution is -2.63. The van der Waals surface area contributed by atoms with Gasteiger partial charge in [0.2, 0.25) is 5.91 Å². The Bertz CT molecular complexity index is 459. The number of carbonyl (C=O) groups excluding carboxylic acids is 2. The average molecular weight is 362 g/mol. The Balaban J connectivity index is 1.87. The number of carbonyl (C=O) groups is 2. The van der Waals surface area contributed by atoms with E-state index in [1.165, 1.54) is 15.9 Å². The minimum absolute atomic E-state index is 0.0726. The predicted octanol–water partition coefficient (Wildman–Crippen LogP) is 2.46. The van der Waals surface area contributed by atoms with Gasteiger partial charge in [0, 0.05) is 25.2 Å². The van der Waals surface area contributed by atoms with E-state index in [1.54, 1.807) is 0 Å². The molecule has 0 bridgehead atoms. The molecule has 2 aliphatic heterocycles. The minimum Gasteiger partial charge on any atom is -0.444 e. The van der Waals surface area contributed by atoms with Gasteiger partial charge >= 0.3 is 6.09 Å². The van der Waals surface area contributed by atoms with Crippen molar-refractivity contribution in [3.63, 3.8) is 0 Å². The zero-order valence-electron chi connectivity index (χ0n) is 14.3. The lowest BCUT2D eigenvalue weighted by Gasteiger charge is -2.44. The topological polar surface area (TPSA) is 61.9 Å². The molecule has 2 fully saturated rings. The number of amides is 2. The van der Waals surface area contributed by atoms with Crippen LogP contribution in [0.5, 0.6) is 0 Å². The molecule has 2 rings (SSSR count). The van der Waals surface area contributed by atoms with E-state index >= 15 is 0 Å².